The zero-order valence-corrected chi connectivity index (χ0v) is 30.6. The molecule has 0 saturated heterocycles. The van der Waals surface area contributed by atoms with Crippen LogP contribution in [0.5, 0.6) is 0 Å². The molecule has 1 N–H and O–H groups in total. The lowest BCUT2D eigenvalue weighted by molar-refractivity contribution is 0.513. The van der Waals surface area contributed by atoms with Gasteiger partial charge >= 0.3 is 0 Å². The Balaban J connectivity index is 0. The van der Waals surface area contributed by atoms with E-state index in [1.54, 1.807) is 0 Å². The molecule has 42 heavy (non-hydrogen) atoms. The highest BCUT2D eigenvalue weighted by atomic mass is 35.5. The van der Waals surface area contributed by atoms with Crippen LogP contribution < -0.4 is 5.32 Å². The van der Waals surface area contributed by atoms with Crippen LogP contribution in [-0.2, 0) is 0 Å². The van der Waals surface area contributed by atoms with Gasteiger partial charge in [0.1, 0.15) is 0 Å². The molecule has 0 spiro atoms. The molecule has 0 heterocycles. The van der Waals surface area contributed by atoms with E-state index < -0.39 is 0 Å². The molecule has 256 valence electrons. The van der Waals surface area contributed by atoms with Crippen LogP contribution in [-0.4, -0.2) is 13.1 Å². The molecule has 2 heteroatoms. The third-order valence-corrected chi connectivity index (χ3v) is 9.41. The highest BCUT2D eigenvalue weighted by Gasteiger charge is 1.97. The van der Waals surface area contributed by atoms with Gasteiger partial charge in [-0.1, -0.05) is 232 Å². The molecule has 0 amide bonds. The minimum Gasteiger partial charge on any atom is -0.317 e. The van der Waals surface area contributed by atoms with E-state index in [0.717, 1.165) is 0 Å². The third kappa shape index (κ3) is 42.4. The van der Waals surface area contributed by atoms with Gasteiger partial charge in [0.25, 0.3) is 0 Å². The third-order valence-electron chi connectivity index (χ3n) is 9.41. The Morgan fingerprint density at radius 1 is 0.214 bits per heavy atom. The van der Waals surface area contributed by atoms with Crippen molar-refractivity contribution in [3.63, 3.8) is 0 Å². The summed E-state index contributed by atoms with van der Waals surface area (Å²) >= 11 is 0. The summed E-state index contributed by atoms with van der Waals surface area (Å²) in [7, 11) is 0. The van der Waals surface area contributed by atoms with E-state index in [2.05, 4.69) is 19.2 Å². The molecule has 0 aromatic rings. The molecule has 0 rings (SSSR count). The summed E-state index contributed by atoms with van der Waals surface area (Å²) < 4.78 is 0. The summed E-state index contributed by atoms with van der Waals surface area (Å²) in [5, 5.41) is 3.69. The molecule has 0 saturated carbocycles. The smallest absolute Gasteiger partial charge is 0.00489 e. The van der Waals surface area contributed by atoms with E-state index in [0.29, 0.717) is 0 Å². The minimum atomic E-state index is 0. The average molecular weight is 615 g/mol. The van der Waals surface area contributed by atoms with Gasteiger partial charge in [0.05, 0.1) is 0 Å². The number of nitrogens with one attached hydrogen (secondary N) is 1. The van der Waals surface area contributed by atoms with E-state index in [-0.39, 0.29) is 12.4 Å². The summed E-state index contributed by atoms with van der Waals surface area (Å²) in [6.07, 6.45) is 52.7. The normalized spacial score (nSPS) is 11.3. The zero-order chi connectivity index (χ0) is 29.6. The summed E-state index contributed by atoms with van der Waals surface area (Å²) in [5.74, 6) is 0. The molecule has 0 atom stereocenters. The first-order valence-corrected chi connectivity index (χ1v) is 20.1. The second kappa shape index (κ2) is 43.4. The Morgan fingerprint density at radius 3 is 0.524 bits per heavy atom. The van der Waals surface area contributed by atoms with Crippen LogP contribution in [0.4, 0.5) is 0 Å². The minimum absolute atomic E-state index is 0. The van der Waals surface area contributed by atoms with Gasteiger partial charge < -0.3 is 5.32 Å². The number of hydrogen-bond donors (Lipinski definition) is 1. The highest BCUT2D eigenvalue weighted by molar-refractivity contribution is 5.85. The van der Waals surface area contributed by atoms with Crippen LogP contribution in [0.15, 0.2) is 0 Å². The maximum Gasteiger partial charge on any atom is -0.00489 e. The average Bonchev–Trinajstić information content (AvgIpc) is 2.98. The van der Waals surface area contributed by atoms with E-state index in [9.17, 15) is 0 Å². The lowest BCUT2D eigenvalue weighted by Crippen LogP contribution is -2.16. The van der Waals surface area contributed by atoms with Crippen LogP contribution in [0.1, 0.15) is 245 Å². The molecule has 0 fully saturated rings. The summed E-state index contributed by atoms with van der Waals surface area (Å²) in [4.78, 5) is 0. The van der Waals surface area contributed by atoms with Crippen molar-refractivity contribution in [1.29, 1.82) is 0 Å². The van der Waals surface area contributed by atoms with Crippen LogP contribution >= 0.6 is 12.4 Å². The second-order valence-electron chi connectivity index (χ2n) is 13.8. The molecule has 1 nitrogen and oxygen atoms in total. The second-order valence-corrected chi connectivity index (χ2v) is 13.8. The SMILES string of the molecule is CCCCCCCCCCCCCCCCCCCCCCNCCCCCCCCCCCCCCCCCC.Cl. The monoisotopic (exact) mass is 614 g/mol. The van der Waals surface area contributed by atoms with E-state index in [1.165, 1.54) is 244 Å². The van der Waals surface area contributed by atoms with Gasteiger partial charge in [-0.3, -0.25) is 0 Å². The van der Waals surface area contributed by atoms with E-state index >= 15 is 0 Å². The Kier molecular flexibility index (Phi) is 45.8. The van der Waals surface area contributed by atoms with Crippen LogP contribution in [0, 0.1) is 0 Å². The molecule has 0 aromatic heterocycles. The molecule has 0 bridgehead atoms. The van der Waals surface area contributed by atoms with Crippen molar-refractivity contribution < 1.29 is 0 Å². The first kappa shape index (κ1) is 44.4. The van der Waals surface area contributed by atoms with Crippen molar-refractivity contribution in [1.82, 2.24) is 5.32 Å². The van der Waals surface area contributed by atoms with Crippen molar-refractivity contribution in [3.05, 3.63) is 0 Å². The van der Waals surface area contributed by atoms with E-state index in [4.69, 9.17) is 0 Å². The van der Waals surface area contributed by atoms with Crippen LogP contribution in [0.3, 0.4) is 0 Å². The van der Waals surface area contributed by atoms with Crippen LogP contribution in [0.2, 0.25) is 0 Å². The van der Waals surface area contributed by atoms with Gasteiger partial charge in [-0.25, -0.2) is 0 Å². The predicted molar refractivity (Wildman–Crippen MR) is 198 cm³/mol. The number of rotatable bonds is 38. The van der Waals surface area contributed by atoms with Crippen molar-refractivity contribution in [2.45, 2.75) is 245 Å². The Hall–Kier alpha value is 0.250. The first-order chi connectivity index (χ1) is 20.4. The first-order valence-electron chi connectivity index (χ1n) is 20.1. The summed E-state index contributed by atoms with van der Waals surface area (Å²) in [6.45, 7) is 7.11. The maximum absolute atomic E-state index is 3.69. The van der Waals surface area contributed by atoms with Gasteiger partial charge in [-0.15, -0.1) is 12.4 Å². The topological polar surface area (TPSA) is 12.0 Å². The molecule has 0 radical (unpaired) electrons. The van der Waals surface area contributed by atoms with Gasteiger partial charge in [-0.05, 0) is 25.9 Å². The molecule has 0 aliphatic heterocycles. The molecule has 0 aromatic carbocycles. The van der Waals surface area contributed by atoms with Crippen LogP contribution in [0.25, 0.3) is 0 Å². The largest absolute Gasteiger partial charge is 0.317 e. The lowest BCUT2D eigenvalue weighted by Gasteiger charge is -2.06. The quantitative estimate of drug-likeness (QED) is 0.0683. The Morgan fingerprint density at radius 2 is 0.357 bits per heavy atom. The Bertz CT molecular complexity index is 388. The molecular weight excluding hydrogens is 530 g/mol. The highest BCUT2D eigenvalue weighted by Crippen LogP contribution is 2.16. The van der Waals surface area contributed by atoms with Gasteiger partial charge in [0.15, 0.2) is 0 Å². The molecular formula is C40H84ClN. The van der Waals surface area contributed by atoms with Crippen molar-refractivity contribution in [2.75, 3.05) is 13.1 Å². The fourth-order valence-corrected chi connectivity index (χ4v) is 6.43. The predicted octanol–water partition coefficient (Wildman–Crippen LogP) is 15.1. The van der Waals surface area contributed by atoms with Crippen molar-refractivity contribution in [3.8, 4) is 0 Å². The molecule has 0 unspecified atom stereocenters. The Labute approximate surface area is 275 Å². The van der Waals surface area contributed by atoms with Gasteiger partial charge in [0.2, 0.25) is 0 Å². The van der Waals surface area contributed by atoms with Crippen molar-refractivity contribution >= 4 is 12.4 Å². The van der Waals surface area contributed by atoms with Gasteiger partial charge in [-0.2, -0.15) is 0 Å². The summed E-state index contributed by atoms with van der Waals surface area (Å²) in [6, 6.07) is 0. The number of halogens is 1. The zero-order valence-electron chi connectivity index (χ0n) is 29.8. The van der Waals surface area contributed by atoms with Gasteiger partial charge in [0, 0.05) is 0 Å². The lowest BCUT2D eigenvalue weighted by atomic mass is 10.0. The van der Waals surface area contributed by atoms with Crippen molar-refractivity contribution in [2.24, 2.45) is 0 Å². The standard InChI is InChI=1S/C40H83N.ClH/c1-3-5-7-9-11-13-15-17-19-21-22-23-24-26-28-30-32-34-36-38-40-41-39-37-35-33-31-29-27-25-20-18-16-14-12-10-8-6-4-2;/h41H,3-40H2,1-2H3;1H. The molecule has 0 aliphatic rings. The number of unbranched alkanes of at least 4 members (excludes halogenated alkanes) is 34. The summed E-state index contributed by atoms with van der Waals surface area (Å²) in [5.41, 5.74) is 0. The number of hydrogen-bond acceptors (Lipinski definition) is 1. The van der Waals surface area contributed by atoms with E-state index in [1.807, 2.05) is 0 Å². The fourth-order valence-electron chi connectivity index (χ4n) is 6.43. The maximum atomic E-state index is 3.69. The fraction of sp³-hybridized carbons (Fsp3) is 1.00. The molecule has 0 aliphatic carbocycles.